The third-order valence-electron chi connectivity index (χ3n) is 4.32. The van der Waals surface area contributed by atoms with Gasteiger partial charge in [-0.05, 0) is 49.6 Å². The Morgan fingerprint density at radius 2 is 2.00 bits per heavy atom. The Balaban J connectivity index is 1.63. The molecular formula is C20H21NO4. The average Bonchev–Trinajstić information content (AvgIpc) is 3.07. The Morgan fingerprint density at radius 1 is 1.16 bits per heavy atom. The smallest absolute Gasteiger partial charge is 0.339 e. The van der Waals surface area contributed by atoms with E-state index in [1.807, 2.05) is 44.2 Å². The predicted octanol–water partition coefficient (Wildman–Crippen LogP) is 3.29. The van der Waals surface area contributed by atoms with Crippen LogP contribution in [0.15, 0.2) is 50.2 Å². The molecule has 0 atom stereocenters. The zero-order chi connectivity index (χ0) is 17.8. The van der Waals surface area contributed by atoms with Crippen LogP contribution in [0.4, 0.5) is 0 Å². The molecule has 1 amide bonds. The van der Waals surface area contributed by atoms with Gasteiger partial charge < -0.3 is 14.2 Å². The van der Waals surface area contributed by atoms with Gasteiger partial charge in [0.15, 0.2) is 0 Å². The second-order valence-corrected chi connectivity index (χ2v) is 6.17. The van der Waals surface area contributed by atoms with E-state index in [-0.39, 0.29) is 18.0 Å². The molecule has 0 bridgehead atoms. The molecule has 2 heterocycles. The number of amides is 1. The van der Waals surface area contributed by atoms with Crippen LogP contribution in [0.25, 0.3) is 11.0 Å². The van der Waals surface area contributed by atoms with Crippen LogP contribution in [-0.4, -0.2) is 12.5 Å². The summed E-state index contributed by atoms with van der Waals surface area (Å²) < 4.78 is 10.6. The highest BCUT2D eigenvalue weighted by Gasteiger charge is 2.13. The lowest BCUT2D eigenvalue weighted by atomic mass is 10.0. The summed E-state index contributed by atoms with van der Waals surface area (Å²) in [6, 6.07) is 9.49. The molecule has 130 valence electrons. The summed E-state index contributed by atoms with van der Waals surface area (Å²) in [5.41, 5.74) is 2.72. The van der Waals surface area contributed by atoms with E-state index >= 15 is 0 Å². The molecule has 3 rings (SSSR count). The number of rotatable bonds is 6. The SMILES string of the molecule is Cc1ccc2c(C)c(CCC(=O)NCCc3ccco3)c(=O)oc2c1. The minimum Gasteiger partial charge on any atom is -0.469 e. The molecular weight excluding hydrogens is 318 g/mol. The fourth-order valence-corrected chi connectivity index (χ4v) is 2.90. The predicted molar refractivity (Wildman–Crippen MR) is 95.7 cm³/mol. The highest BCUT2D eigenvalue weighted by Crippen LogP contribution is 2.21. The van der Waals surface area contributed by atoms with Gasteiger partial charge in [-0.15, -0.1) is 0 Å². The molecule has 5 nitrogen and oxygen atoms in total. The molecule has 1 N–H and O–H groups in total. The van der Waals surface area contributed by atoms with Crippen LogP contribution in [0.5, 0.6) is 0 Å². The number of hydrogen-bond acceptors (Lipinski definition) is 4. The maximum atomic E-state index is 12.2. The standard InChI is InChI=1S/C20H21NO4/c1-13-5-6-16-14(2)17(20(23)25-18(16)12-13)7-8-19(22)21-10-9-15-4-3-11-24-15/h3-6,11-12H,7-10H2,1-2H3,(H,21,22). The third kappa shape index (κ3) is 3.99. The molecule has 0 unspecified atom stereocenters. The lowest BCUT2D eigenvalue weighted by molar-refractivity contribution is -0.121. The van der Waals surface area contributed by atoms with Gasteiger partial charge in [0.05, 0.1) is 6.26 Å². The molecule has 0 saturated heterocycles. The molecule has 5 heteroatoms. The Bertz CT molecular complexity index is 938. The van der Waals surface area contributed by atoms with Crippen molar-refractivity contribution in [1.82, 2.24) is 5.32 Å². The van der Waals surface area contributed by atoms with Crippen LogP contribution in [0.1, 0.15) is 28.9 Å². The van der Waals surface area contributed by atoms with Gasteiger partial charge in [0.25, 0.3) is 0 Å². The summed E-state index contributed by atoms with van der Waals surface area (Å²) in [7, 11) is 0. The number of nitrogens with one attached hydrogen (secondary N) is 1. The van der Waals surface area contributed by atoms with E-state index in [0.29, 0.717) is 30.5 Å². The van der Waals surface area contributed by atoms with E-state index in [4.69, 9.17) is 8.83 Å². The first-order chi connectivity index (χ1) is 12.0. The molecule has 2 aromatic heterocycles. The van der Waals surface area contributed by atoms with Crippen LogP contribution < -0.4 is 10.9 Å². The van der Waals surface area contributed by atoms with Crippen LogP contribution in [0.2, 0.25) is 0 Å². The Hall–Kier alpha value is -2.82. The number of carbonyl (C=O) groups is 1. The first kappa shape index (κ1) is 17.0. The van der Waals surface area contributed by atoms with E-state index in [0.717, 1.165) is 22.3 Å². The van der Waals surface area contributed by atoms with E-state index in [2.05, 4.69) is 5.32 Å². The van der Waals surface area contributed by atoms with E-state index in [1.54, 1.807) is 6.26 Å². The van der Waals surface area contributed by atoms with Gasteiger partial charge in [-0.25, -0.2) is 4.79 Å². The van der Waals surface area contributed by atoms with Crippen molar-refractivity contribution >= 4 is 16.9 Å². The minimum absolute atomic E-state index is 0.0886. The van der Waals surface area contributed by atoms with Crippen LogP contribution in [0.3, 0.4) is 0 Å². The van der Waals surface area contributed by atoms with Gasteiger partial charge in [0.2, 0.25) is 5.91 Å². The van der Waals surface area contributed by atoms with Crippen molar-refractivity contribution in [3.63, 3.8) is 0 Å². The average molecular weight is 339 g/mol. The largest absolute Gasteiger partial charge is 0.469 e. The van der Waals surface area contributed by atoms with Crippen molar-refractivity contribution in [2.45, 2.75) is 33.1 Å². The van der Waals surface area contributed by atoms with Crippen molar-refractivity contribution in [3.05, 3.63) is 69.5 Å². The molecule has 0 radical (unpaired) electrons. The quantitative estimate of drug-likeness (QED) is 0.700. The number of aryl methyl sites for hydroxylation is 2. The highest BCUT2D eigenvalue weighted by molar-refractivity contribution is 5.82. The van der Waals surface area contributed by atoms with Crippen molar-refractivity contribution in [2.24, 2.45) is 0 Å². The zero-order valence-corrected chi connectivity index (χ0v) is 14.4. The second kappa shape index (κ2) is 7.38. The van der Waals surface area contributed by atoms with E-state index in [9.17, 15) is 9.59 Å². The maximum Gasteiger partial charge on any atom is 0.339 e. The van der Waals surface area contributed by atoms with Gasteiger partial charge in [0, 0.05) is 30.3 Å². The minimum atomic E-state index is -0.362. The molecule has 0 aliphatic heterocycles. The Labute approximate surface area is 145 Å². The zero-order valence-electron chi connectivity index (χ0n) is 14.4. The summed E-state index contributed by atoms with van der Waals surface area (Å²) in [6.45, 7) is 4.37. The van der Waals surface area contributed by atoms with Crippen LogP contribution in [0, 0.1) is 13.8 Å². The van der Waals surface area contributed by atoms with Gasteiger partial charge >= 0.3 is 5.63 Å². The monoisotopic (exact) mass is 339 g/mol. The van der Waals surface area contributed by atoms with E-state index < -0.39 is 0 Å². The fraction of sp³-hybridized carbons (Fsp3) is 0.300. The topological polar surface area (TPSA) is 72.5 Å². The van der Waals surface area contributed by atoms with Crippen LogP contribution in [-0.2, 0) is 17.6 Å². The van der Waals surface area contributed by atoms with Crippen molar-refractivity contribution < 1.29 is 13.6 Å². The lowest BCUT2D eigenvalue weighted by Crippen LogP contribution is -2.26. The van der Waals surface area contributed by atoms with Gasteiger partial charge in [-0.1, -0.05) is 12.1 Å². The molecule has 3 aromatic rings. The fourth-order valence-electron chi connectivity index (χ4n) is 2.90. The summed E-state index contributed by atoms with van der Waals surface area (Å²) >= 11 is 0. The Kier molecular flexibility index (Phi) is 5.03. The second-order valence-electron chi connectivity index (χ2n) is 6.17. The normalized spacial score (nSPS) is 11.0. The molecule has 0 aliphatic carbocycles. The number of fused-ring (bicyclic) bond motifs is 1. The van der Waals surface area contributed by atoms with Gasteiger partial charge in [-0.2, -0.15) is 0 Å². The molecule has 1 aromatic carbocycles. The number of benzene rings is 1. The Morgan fingerprint density at radius 3 is 2.76 bits per heavy atom. The highest BCUT2D eigenvalue weighted by atomic mass is 16.4. The van der Waals surface area contributed by atoms with Gasteiger partial charge in [0.1, 0.15) is 11.3 Å². The summed E-state index contributed by atoms with van der Waals surface area (Å²) in [4.78, 5) is 24.2. The van der Waals surface area contributed by atoms with E-state index in [1.165, 1.54) is 0 Å². The van der Waals surface area contributed by atoms with Crippen LogP contribution >= 0.6 is 0 Å². The third-order valence-corrected chi connectivity index (χ3v) is 4.32. The summed E-state index contributed by atoms with van der Waals surface area (Å²) in [6.07, 6.45) is 2.88. The summed E-state index contributed by atoms with van der Waals surface area (Å²) in [5, 5.41) is 3.76. The number of carbonyl (C=O) groups excluding carboxylic acids is 1. The first-order valence-electron chi connectivity index (χ1n) is 8.36. The number of hydrogen-bond donors (Lipinski definition) is 1. The molecule has 0 spiro atoms. The molecule has 0 saturated carbocycles. The van der Waals surface area contributed by atoms with Gasteiger partial charge in [-0.3, -0.25) is 4.79 Å². The van der Waals surface area contributed by atoms with Crippen molar-refractivity contribution in [3.8, 4) is 0 Å². The van der Waals surface area contributed by atoms with Crippen molar-refractivity contribution in [2.75, 3.05) is 6.54 Å². The maximum absolute atomic E-state index is 12.2. The molecule has 0 aliphatic rings. The lowest BCUT2D eigenvalue weighted by Gasteiger charge is -2.08. The number of furan rings is 1. The molecule has 25 heavy (non-hydrogen) atoms. The van der Waals surface area contributed by atoms with Crippen molar-refractivity contribution in [1.29, 1.82) is 0 Å². The first-order valence-corrected chi connectivity index (χ1v) is 8.36. The summed E-state index contributed by atoms with van der Waals surface area (Å²) in [5.74, 6) is 0.746. The molecule has 0 fully saturated rings.